The third-order valence-corrected chi connectivity index (χ3v) is 5.06. The van der Waals surface area contributed by atoms with Crippen LogP contribution < -0.4 is 5.32 Å². The van der Waals surface area contributed by atoms with Crippen LogP contribution in [0.15, 0.2) is 41.5 Å². The van der Waals surface area contributed by atoms with Gasteiger partial charge in [0.2, 0.25) is 5.91 Å². The van der Waals surface area contributed by atoms with E-state index in [1.165, 1.54) is 0 Å². The molecule has 150 valence electrons. The molecule has 0 saturated carbocycles. The molecule has 0 atom stereocenters. The highest BCUT2D eigenvalue weighted by Gasteiger charge is 2.23. The number of aliphatic imine (C=N–C) groups is 1. The largest absolute Gasteiger partial charge is 0.357 e. The molecule has 8 heteroatoms. The molecule has 0 bridgehead atoms. The molecule has 1 saturated heterocycles. The fourth-order valence-corrected chi connectivity index (χ4v) is 3.45. The van der Waals surface area contributed by atoms with Crippen LogP contribution >= 0.6 is 11.6 Å². The van der Waals surface area contributed by atoms with Crippen molar-refractivity contribution in [3.63, 3.8) is 0 Å². The Morgan fingerprint density at radius 2 is 1.96 bits per heavy atom. The zero-order valence-electron chi connectivity index (χ0n) is 16.4. The second-order valence-electron chi connectivity index (χ2n) is 6.79. The SMILES string of the molecule is CCNC(=NCc1ccnn1C)N1CCN(C(=O)Cc2cccc(Cl)c2)CC1. The second-order valence-corrected chi connectivity index (χ2v) is 7.23. The fourth-order valence-electron chi connectivity index (χ4n) is 3.24. The van der Waals surface area contributed by atoms with Gasteiger partial charge in [0, 0.05) is 51.0 Å². The minimum Gasteiger partial charge on any atom is -0.357 e. The van der Waals surface area contributed by atoms with Gasteiger partial charge in [-0.1, -0.05) is 23.7 Å². The van der Waals surface area contributed by atoms with Crippen molar-refractivity contribution in [3.8, 4) is 0 Å². The smallest absolute Gasteiger partial charge is 0.227 e. The zero-order valence-corrected chi connectivity index (χ0v) is 17.2. The molecular formula is C20H27ClN6O. The Hall–Kier alpha value is -2.54. The summed E-state index contributed by atoms with van der Waals surface area (Å²) < 4.78 is 1.83. The van der Waals surface area contributed by atoms with Gasteiger partial charge in [0.15, 0.2) is 5.96 Å². The molecule has 1 aliphatic rings. The summed E-state index contributed by atoms with van der Waals surface area (Å²) in [6, 6.07) is 9.46. The second kappa shape index (κ2) is 9.59. The Morgan fingerprint density at radius 3 is 2.61 bits per heavy atom. The predicted octanol–water partition coefficient (Wildman–Crippen LogP) is 1.93. The molecule has 7 nitrogen and oxygen atoms in total. The van der Waals surface area contributed by atoms with E-state index in [4.69, 9.17) is 16.6 Å². The molecule has 0 spiro atoms. The number of amides is 1. The third kappa shape index (κ3) is 5.25. The molecule has 1 aromatic carbocycles. The lowest BCUT2D eigenvalue weighted by Gasteiger charge is -2.36. The number of carbonyl (C=O) groups excluding carboxylic acids is 1. The number of aryl methyl sites for hydroxylation is 1. The molecule has 1 fully saturated rings. The van der Waals surface area contributed by atoms with Crippen LogP contribution in [0.1, 0.15) is 18.2 Å². The monoisotopic (exact) mass is 402 g/mol. The molecule has 1 aromatic heterocycles. The average molecular weight is 403 g/mol. The van der Waals surface area contributed by atoms with Crippen molar-refractivity contribution in [3.05, 3.63) is 52.8 Å². The first-order valence-corrected chi connectivity index (χ1v) is 9.97. The number of guanidine groups is 1. The van der Waals surface area contributed by atoms with Crippen molar-refractivity contribution >= 4 is 23.5 Å². The van der Waals surface area contributed by atoms with Gasteiger partial charge < -0.3 is 15.1 Å². The van der Waals surface area contributed by atoms with Crippen molar-refractivity contribution < 1.29 is 4.79 Å². The molecule has 1 aliphatic heterocycles. The quantitative estimate of drug-likeness (QED) is 0.613. The molecule has 0 radical (unpaired) electrons. The van der Waals surface area contributed by atoms with Crippen LogP contribution in [0.25, 0.3) is 0 Å². The van der Waals surface area contributed by atoms with Gasteiger partial charge in [0.1, 0.15) is 0 Å². The lowest BCUT2D eigenvalue weighted by atomic mass is 10.1. The highest BCUT2D eigenvalue weighted by atomic mass is 35.5. The van der Waals surface area contributed by atoms with E-state index in [-0.39, 0.29) is 5.91 Å². The lowest BCUT2D eigenvalue weighted by Crippen LogP contribution is -2.54. The minimum atomic E-state index is 0.138. The minimum absolute atomic E-state index is 0.138. The Kier molecular flexibility index (Phi) is 6.92. The summed E-state index contributed by atoms with van der Waals surface area (Å²) in [5.74, 6) is 1.02. The summed E-state index contributed by atoms with van der Waals surface area (Å²) in [6.07, 6.45) is 2.16. The van der Waals surface area contributed by atoms with Gasteiger partial charge in [-0.05, 0) is 30.7 Å². The lowest BCUT2D eigenvalue weighted by molar-refractivity contribution is -0.131. The first-order chi connectivity index (χ1) is 13.6. The Morgan fingerprint density at radius 1 is 1.21 bits per heavy atom. The number of aromatic nitrogens is 2. The number of carbonyl (C=O) groups is 1. The van der Waals surface area contributed by atoms with E-state index in [1.807, 2.05) is 47.0 Å². The van der Waals surface area contributed by atoms with E-state index in [1.54, 1.807) is 6.20 Å². The van der Waals surface area contributed by atoms with Crippen LogP contribution in [0.4, 0.5) is 0 Å². The van der Waals surface area contributed by atoms with Crippen LogP contribution in [0, 0.1) is 0 Å². The molecule has 1 amide bonds. The highest BCUT2D eigenvalue weighted by Crippen LogP contribution is 2.13. The summed E-state index contributed by atoms with van der Waals surface area (Å²) in [5, 5.41) is 8.20. The van der Waals surface area contributed by atoms with Crippen molar-refractivity contribution in [2.24, 2.45) is 12.0 Å². The first-order valence-electron chi connectivity index (χ1n) is 9.59. The normalized spacial score (nSPS) is 15.0. The summed E-state index contributed by atoms with van der Waals surface area (Å²) in [6.45, 7) is 6.34. The van der Waals surface area contributed by atoms with E-state index in [9.17, 15) is 4.79 Å². The third-order valence-electron chi connectivity index (χ3n) is 4.82. The van der Waals surface area contributed by atoms with Crippen LogP contribution in [-0.4, -0.2) is 64.2 Å². The van der Waals surface area contributed by atoms with Crippen molar-refractivity contribution in [2.75, 3.05) is 32.7 Å². The summed E-state index contributed by atoms with van der Waals surface area (Å²) in [5.41, 5.74) is 2.01. The van der Waals surface area contributed by atoms with E-state index in [2.05, 4.69) is 22.2 Å². The number of rotatable bonds is 5. The Balaban J connectivity index is 1.56. The van der Waals surface area contributed by atoms with E-state index in [0.29, 0.717) is 31.1 Å². The number of halogens is 1. The maximum Gasteiger partial charge on any atom is 0.227 e. The van der Waals surface area contributed by atoms with Crippen molar-refractivity contribution in [1.29, 1.82) is 0 Å². The highest BCUT2D eigenvalue weighted by molar-refractivity contribution is 6.30. The van der Waals surface area contributed by atoms with Crippen LogP contribution in [0.2, 0.25) is 5.02 Å². The number of benzene rings is 1. The molecule has 0 aliphatic carbocycles. The number of nitrogens with zero attached hydrogens (tertiary/aromatic N) is 5. The number of piperazine rings is 1. The van der Waals surface area contributed by atoms with Gasteiger partial charge in [0.25, 0.3) is 0 Å². The van der Waals surface area contributed by atoms with Crippen LogP contribution in [0.5, 0.6) is 0 Å². The summed E-state index contributed by atoms with van der Waals surface area (Å²) >= 11 is 6.02. The standard InChI is InChI=1S/C20H27ClN6O/c1-3-22-20(23-15-18-7-8-24-25(18)2)27-11-9-26(10-12-27)19(28)14-16-5-4-6-17(21)13-16/h4-8,13H,3,9-12,14-15H2,1-2H3,(H,22,23). The topological polar surface area (TPSA) is 65.8 Å². The zero-order chi connectivity index (χ0) is 19.9. The molecule has 2 heterocycles. The Labute approximate surface area is 171 Å². The van der Waals surface area contributed by atoms with Gasteiger partial charge in [0.05, 0.1) is 18.7 Å². The van der Waals surface area contributed by atoms with Crippen molar-refractivity contribution in [2.45, 2.75) is 19.9 Å². The number of nitrogens with one attached hydrogen (secondary N) is 1. The van der Waals surface area contributed by atoms with E-state index >= 15 is 0 Å². The molecular weight excluding hydrogens is 376 g/mol. The molecule has 28 heavy (non-hydrogen) atoms. The molecule has 1 N–H and O–H groups in total. The first kappa shape index (κ1) is 20.2. The Bertz CT molecular complexity index is 826. The summed E-state index contributed by atoms with van der Waals surface area (Å²) in [4.78, 5) is 21.5. The van der Waals surface area contributed by atoms with E-state index in [0.717, 1.165) is 36.9 Å². The maximum atomic E-state index is 12.6. The number of hydrogen-bond donors (Lipinski definition) is 1. The molecule has 3 rings (SSSR count). The number of hydrogen-bond acceptors (Lipinski definition) is 3. The predicted molar refractivity (Wildman–Crippen MR) is 111 cm³/mol. The van der Waals surface area contributed by atoms with Gasteiger partial charge in [-0.3, -0.25) is 9.48 Å². The van der Waals surface area contributed by atoms with Crippen LogP contribution in [0.3, 0.4) is 0 Å². The van der Waals surface area contributed by atoms with Crippen molar-refractivity contribution in [1.82, 2.24) is 24.9 Å². The van der Waals surface area contributed by atoms with Crippen LogP contribution in [-0.2, 0) is 24.8 Å². The summed E-state index contributed by atoms with van der Waals surface area (Å²) in [7, 11) is 1.92. The molecule has 2 aromatic rings. The van der Waals surface area contributed by atoms with Gasteiger partial charge >= 0.3 is 0 Å². The van der Waals surface area contributed by atoms with E-state index < -0.39 is 0 Å². The van der Waals surface area contributed by atoms with Gasteiger partial charge in [-0.15, -0.1) is 0 Å². The van der Waals surface area contributed by atoms with Gasteiger partial charge in [-0.25, -0.2) is 4.99 Å². The maximum absolute atomic E-state index is 12.6. The average Bonchev–Trinajstić information content (AvgIpc) is 3.10. The fraction of sp³-hybridized carbons (Fsp3) is 0.450. The van der Waals surface area contributed by atoms with Gasteiger partial charge in [-0.2, -0.15) is 5.10 Å². The molecule has 0 unspecified atom stereocenters.